The lowest BCUT2D eigenvalue weighted by molar-refractivity contribution is 0.324. The van der Waals surface area contributed by atoms with E-state index in [0.717, 1.165) is 26.1 Å². The maximum atomic E-state index is 5.38. The zero-order chi connectivity index (χ0) is 16.4. The van der Waals surface area contributed by atoms with Gasteiger partial charge in [-0.1, -0.05) is 0 Å². The first-order chi connectivity index (χ1) is 11.2. The molecular weight excluding hydrogens is 380 g/mol. The van der Waals surface area contributed by atoms with E-state index in [9.17, 15) is 0 Å². The summed E-state index contributed by atoms with van der Waals surface area (Å²) in [6.45, 7) is 0. The van der Waals surface area contributed by atoms with E-state index < -0.39 is 0 Å². The van der Waals surface area contributed by atoms with Crippen molar-refractivity contribution in [2.45, 2.75) is 6.42 Å². The lowest BCUT2D eigenvalue weighted by Gasteiger charge is -2.13. The van der Waals surface area contributed by atoms with E-state index in [4.69, 9.17) is 14.2 Å². The summed E-state index contributed by atoms with van der Waals surface area (Å²) in [5, 5.41) is 2.02. The average molecular weight is 395 g/mol. The smallest absolute Gasteiger partial charge is 0.203 e. The Morgan fingerprint density at radius 2 is 1.78 bits per heavy atom. The number of hydrogen-bond acceptors (Lipinski definition) is 6. The third kappa shape index (κ3) is 3.11. The highest BCUT2D eigenvalue weighted by Gasteiger charge is 2.14. The molecule has 3 rings (SSSR count). The van der Waals surface area contributed by atoms with Crippen LogP contribution in [0, 0.1) is 0 Å². The summed E-state index contributed by atoms with van der Waals surface area (Å²) in [7, 11) is 4.80. The van der Waals surface area contributed by atoms with Gasteiger partial charge < -0.3 is 14.2 Å². The van der Waals surface area contributed by atoms with Gasteiger partial charge in [-0.25, -0.2) is 9.97 Å². The Bertz CT molecular complexity index is 825. The van der Waals surface area contributed by atoms with Crippen LogP contribution in [0.5, 0.6) is 17.2 Å². The lowest BCUT2D eigenvalue weighted by Crippen LogP contribution is -2.00. The van der Waals surface area contributed by atoms with Gasteiger partial charge in [-0.15, -0.1) is 11.3 Å². The predicted molar refractivity (Wildman–Crippen MR) is 94.0 cm³/mol. The van der Waals surface area contributed by atoms with Crippen molar-refractivity contribution < 1.29 is 14.2 Å². The van der Waals surface area contributed by atoms with Crippen molar-refractivity contribution in [2.75, 3.05) is 21.3 Å². The minimum Gasteiger partial charge on any atom is -0.493 e. The second-order valence-electron chi connectivity index (χ2n) is 4.79. The third-order valence-electron chi connectivity index (χ3n) is 3.41. The van der Waals surface area contributed by atoms with Crippen molar-refractivity contribution in [2.24, 2.45) is 0 Å². The number of methoxy groups -OCH3 is 3. The van der Waals surface area contributed by atoms with E-state index >= 15 is 0 Å². The molecule has 0 saturated heterocycles. The largest absolute Gasteiger partial charge is 0.493 e. The van der Waals surface area contributed by atoms with Gasteiger partial charge in [0.15, 0.2) is 11.5 Å². The third-order valence-corrected chi connectivity index (χ3v) is 5.22. The van der Waals surface area contributed by atoms with E-state index in [1.807, 2.05) is 23.7 Å². The molecule has 5 nitrogen and oxygen atoms in total. The zero-order valence-corrected chi connectivity index (χ0v) is 15.3. The van der Waals surface area contributed by atoms with Crippen LogP contribution in [-0.2, 0) is 6.42 Å². The molecular formula is C16H15BrN2O3S. The molecule has 3 aromatic rings. The molecule has 0 aliphatic rings. The fourth-order valence-corrected chi connectivity index (χ4v) is 3.78. The molecule has 0 atom stereocenters. The van der Waals surface area contributed by atoms with Crippen LogP contribution in [0.15, 0.2) is 28.2 Å². The normalized spacial score (nSPS) is 10.8. The fraction of sp³-hybridized carbons (Fsp3) is 0.250. The Morgan fingerprint density at radius 1 is 1.09 bits per heavy atom. The van der Waals surface area contributed by atoms with E-state index in [1.54, 1.807) is 32.7 Å². The topological polar surface area (TPSA) is 53.5 Å². The SMILES string of the molecule is COc1cc(Cc2ncc3scc(Br)c3n2)cc(OC)c1OC. The molecule has 0 radical (unpaired) electrons. The molecule has 2 aromatic heterocycles. The summed E-state index contributed by atoms with van der Waals surface area (Å²) < 4.78 is 18.2. The molecule has 0 amide bonds. The molecule has 0 aliphatic heterocycles. The fourth-order valence-electron chi connectivity index (χ4n) is 2.34. The maximum absolute atomic E-state index is 5.38. The summed E-state index contributed by atoms with van der Waals surface area (Å²) in [6.07, 6.45) is 2.43. The molecule has 0 saturated carbocycles. The summed E-state index contributed by atoms with van der Waals surface area (Å²) in [5.74, 6) is 2.57. The van der Waals surface area contributed by atoms with Gasteiger partial charge in [0.2, 0.25) is 5.75 Å². The van der Waals surface area contributed by atoms with Crippen molar-refractivity contribution in [3.63, 3.8) is 0 Å². The summed E-state index contributed by atoms with van der Waals surface area (Å²) in [4.78, 5) is 9.06. The van der Waals surface area contributed by atoms with Crippen LogP contribution < -0.4 is 14.2 Å². The van der Waals surface area contributed by atoms with Crippen molar-refractivity contribution in [3.8, 4) is 17.2 Å². The number of nitrogens with zero attached hydrogens (tertiary/aromatic N) is 2. The first-order valence-electron chi connectivity index (χ1n) is 6.83. The van der Waals surface area contributed by atoms with Crippen molar-refractivity contribution in [1.29, 1.82) is 0 Å². The van der Waals surface area contributed by atoms with Crippen LogP contribution in [-0.4, -0.2) is 31.3 Å². The highest BCUT2D eigenvalue weighted by Crippen LogP contribution is 2.38. The first-order valence-corrected chi connectivity index (χ1v) is 8.51. The quantitative estimate of drug-likeness (QED) is 0.652. The summed E-state index contributed by atoms with van der Waals surface area (Å²) in [5.41, 5.74) is 1.93. The Kier molecular flexibility index (Phi) is 4.68. The molecule has 2 heterocycles. The highest BCUT2D eigenvalue weighted by molar-refractivity contribution is 9.10. The molecule has 23 heavy (non-hydrogen) atoms. The lowest BCUT2D eigenvalue weighted by atomic mass is 10.1. The van der Waals surface area contributed by atoms with E-state index in [1.165, 1.54) is 0 Å². The standard InChI is InChI=1S/C16H15BrN2O3S/c1-20-11-4-9(5-12(21-2)16(11)22-3)6-14-18-7-13-15(19-14)10(17)8-23-13/h4-5,7-8H,6H2,1-3H3. The Morgan fingerprint density at radius 3 is 2.39 bits per heavy atom. The van der Waals surface area contributed by atoms with E-state index in [0.29, 0.717) is 23.7 Å². The molecule has 0 fully saturated rings. The molecule has 0 spiro atoms. The second kappa shape index (κ2) is 6.72. The molecule has 0 N–H and O–H groups in total. The average Bonchev–Trinajstić information content (AvgIpc) is 2.94. The van der Waals surface area contributed by atoms with Crippen molar-refractivity contribution in [3.05, 3.63) is 39.6 Å². The van der Waals surface area contributed by atoms with Crippen LogP contribution in [0.25, 0.3) is 10.2 Å². The van der Waals surface area contributed by atoms with Gasteiger partial charge in [-0.2, -0.15) is 0 Å². The number of halogens is 1. The van der Waals surface area contributed by atoms with Gasteiger partial charge in [0.1, 0.15) is 5.82 Å². The Labute approximate surface area is 146 Å². The van der Waals surface area contributed by atoms with Crippen molar-refractivity contribution in [1.82, 2.24) is 9.97 Å². The number of ether oxygens (including phenoxy) is 3. The molecule has 0 unspecified atom stereocenters. The van der Waals surface area contributed by atoms with Gasteiger partial charge in [0, 0.05) is 18.0 Å². The first kappa shape index (κ1) is 16.0. The maximum Gasteiger partial charge on any atom is 0.203 e. The minimum atomic E-state index is 0.578. The van der Waals surface area contributed by atoms with Crippen LogP contribution in [0.3, 0.4) is 0 Å². The molecule has 0 bridgehead atoms. The highest BCUT2D eigenvalue weighted by atomic mass is 79.9. The number of thiophene rings is 1. The number of fused-ring (bicyclic) bond motifs is 1. The van der Waals surface area contributed by atoms with Crippen LogP contribution in [0.4, 0.5) is 0 Å². The van der Waals surface area contributed by atoms with Gasteiger partial charge in [-0.05, 0) is 33.6 Å². The van der Waals surface area contributed by atoms with Crippen molar-refractivity contribution >= 4 is 37.5 Å². The minimum absolute atomic E-state index is 0.578. The summed E-state index contributed by atoms with van der Waals surface area (Å²) in [6, 6.07) is 3.83. The van der Waals surface area contributed by atoms with E-state index in [2.05, 4.69) is 25.9 Å². The number of hydrogen-bond donors (Lipinski definition) is 0. The molecule has 7 heteroatoms. The second-order valence-corrected chi connectivity index (χ2v) is 6.56. The number of benzene rings is 1. The zero-order valence-electron chi connectivity index (χ0n) is 12.9. The predicted octanol–water partition coefficient (Wildman–Crippen LogP) is 4.07. The Balaban J connectivity index is 1.99. The molecule has 0 aliphatic carbocycles. The monoisotopic (exact) mass is 394 g/mol. The van der Waals surface area contributed by atoms with Gasteiger partial charge in [0.05, 0.1) is 36.0 Å². The molecule has 120 valence electrons. The van der Waals surface area contributed by atoms with Crippen LogP contribution in [0.2, 0.25) is 0 Å². The van der Waals surface area contributed by atoms with E-state index in [-0.39, 0.29) is 0 Å². The van der Waals surface area contributed by atoms with Crippen LogP contribution in [0.1, 0.15) is 11.4 Å². The summed E-state index contributed by atoms with van der Waals surface area (Å²) >= 11 is 5.13. The van der Waals surface area contributed by atoms with Gasteiger partial charge >= 0.3 is 0 Å². The van der Waals surface area contributed by atoms with Crippen LogP contribution >= 0.6 is 27.3 Å². The molecule has 1 aromatic carbocycles. The number of aromatic nitrogens is 2. The number of rotatable bonds is 5. The van der Waals surface area contributed by atoms with Gasteiger partial charge in [-0.3, -0.25) is 0 Å². The Hall–Kier alpha value is -1.86. The van der Waals surface area contributed by atoms with Gasteiger partial charge in [0.25, 0.3) is 0 Å².